The van der Waals surface area contributed by atoms with E-state index in [-0.39, 0.29) is 13.2 Å². The van der Waals surface area contributed by atoms with Crippen molar-refractivity contribution in [1.82, 2.24) is 4.72 Å². The fourth-order valence-electron chi connectivity index (χ4n) is 1.04. The molecule has 18 heavy (non-hydrogen) atoms. The summed E-state index contributed by atoms with van der Waals surface area (Å²) in [6.07, 6.45) is 0.426. The van der Waals surface area contributed by atoms with Gasteiger partial charge in [-0.3, -0.25) is 0 Å². The number of nitrogens with one attached hydrogen (secondary N) is 1. The molecular formula is C11H20FNO4S. The number of esters is 1. The van der Waals surface area contributed by atoms with Gasteiger partial charge in [0, 0.05) is 17.5 Å². The van der Waals surface area contributed by atoms with E-state index in [1.807, 2.05) is 13.8 Å². The van der Waals surface area contributed by atoms with Crippen molar-refractivity contribution in [3.63, 3.8) is 0 Å². The highest BCUT2D eigenvalue weighted by atomic mass is 32.2. The van der Waals surface area contributed by atoms with Gasteiger partial charge in [-0.25, -0.2) is 22.3 Å². The Kier molecular flexibility index (Phi) is 6.48. The first-order valence-electron chi connectivity index (χ1n) is 5.45. The largest absolute Gasteiger partial charge is 0.462 e. The summed E-state index contributed by atoms with van der Waals surface area (Å²) in [7, 11) is -3.83. The van der Waals surface area contributed by atoms with Gasteiger partial charge in [-0.1, -0.05) is 20.4 Å². The summed E-state index contributed by atoms with van der Waals surface area (Å²) in [5.74, 6) is -0.479. The zero-order valence-corrected chi connectivity index (χ0v) is 11.8. The van der Waals surface area contributed by atoms with Crippen molar-refractivity contribution in [2.45, 2.75) is 27.2 Å². The Hall–Kier alpha value is -0.950. The fraction of sp³-hybridized carbons (Fsp3) is 0.727. The molecule has 5 nitrogen and oxygen atoms in total. The second-order valence-corrected chi connectivity index (χ2v) is 6.63. The van der Waals surface area contributed by atoms with Crippen LogP contribution in [0.1, 0.15) is 27.2 Å². The molecule has 0 rings (SSSR count). The van der Waals surface area contributed by atoms with Crippen molar-refractivity contribution in [2.24, 2.45) is 5.41 Å². The van der Waals surface area contributed by atoms with Crippen molar-refractivity contribution in [3.05, 3.63) is 12.2 Å². The van der Waals surface area contributed by atoms with Gasteiger partial charge in [-0.15, -0.1) is 0 Å². The highest BCUT2D eigenvalue weighted by Crippen LogP contribution is 2.20. The van der Waals surface area contributed by atoms with Crippen LogP contribution in [0.2, 0.25) is 0 Å². The number of carbonyl (C=O) groups is 1. The van der Waals surface area contributed by atoms with E-state index >= 15 is 0 Å². The maximum Gasteiger partial charge on any atom is 0.333 e. The molecule has 0 saturated heterocycles. The summed E-state index contributed by atoms with van der Waals surface area (Å²) >= 11 is 0. The van der Waals surface area contributed by atoms with E-state index in [1.54, 1.807) is 6.92 Å². The molecule has 0 aromatic heterocycles. The van der Waals surface area contributed by atoms with E-state index in [1.165, 1.54) is 0 Å². The molecule has 0 aliphatic rings. The molecule has 106 valence electrons. The van der Waals surface area contributed by atoms with Crippen molar-refractivity contribution in [2.75, 3.05) is 19.2 Å². The lowest BCUT2D eigenvalue weighted by atomic mass is 9.91. The van der Waals surface area contributed by atoms with Crippen LogP contribution in [-0.4, -0.2) is 33.5 Å². The summed E-state index contributed by atoms with van der Waals surface area (Å²) < 4.78 is 40.8. The molecule has 1 N–H and O–H groups in total. The Morgan fingerprint density at radius 3 is 2.44 bits per heavy atom. The van der Waals surface area contributed by atoms with Crippen molar-refractivity contribution in [1.29, 1.82) is 0 Å². The SMILES string of the molecule is C=C(C)C(=O)OCC(C)(C)CCNS(=O)(=O)CF. The normalized spacial score (nSPS) is 12.2. The Morgan fingerprint density at radius 2 is 2.00 bits per heavy atom. The molecule has 0 radical (unpaired) electrons. The zero-order chi connectivity index (χ0) is 14.4. The van der Waals surface area contributed by atoms with Gasteiger partial charge in [0.15, 0.2) is 0 Å². The van der Waals surface area contributed by atoms with Gasteiger partial charge < -0.3 is 4.74 Å². The number of carbonyl (C=O) groups excluding carboxylic acids is 1. The van der Waals surface area contributed by atoms with Gasteiger partial charge in [0.25, 0.3) is 0 Å². The predicted molar refractivity (Wildman–Crippen MR) is 67.1 cm³/mol. The molecule has 0 aliphatic heterocycles. The summed E-state index contributed by atoms with van der Waals surface area (Å²) in [6, 6.07) is -1.43. The minimum absolute atomic E-state index is 0.101. The molecule has 0 aromatic carbocycles. The van der Waals surface area contributed by atoms with Crippen LogP contribution in [0, 0.1) is 5.41 Å². The average molecular weight is 281 g/mol. The van der Waals surface area contributed by atoms with E-state index < -0.39 is 27.4 Å². The monoisotopic (exact) mass is 281 g/mol. The molecule has 0 bridgehead atoms. The van der Waals surface area contributed by atoms with Crippen LogP contribution in [0.4, 0.5) is 4.39 Å². The average Bonchev–Trinajstić information content (AvgIpc) is 2.25. The molecule has 0 unspecified atom stereocenters. The first-order chi connectivity index (χ1) is 8.09. The number of alkyl halides is 1. The van der Waals surface area contributed by atoms with Gasteiger partial charge in [0.2, 0.25) is 16.0 Å². The molecular weight excluding hydrogens is 261 g/mol. The number of sulfonamides is 1. The van der Waals surface area contributed by atoms with Crippen LogP contribution < -0.4 is 4.72 Å². The van der Waals surface area contributed by atoms with Gasteiger partial charge >= 0.3 is 5.97 Å². The van der Waals surface area contributed by atoms with Crippen molar-refractivity contribution in [3.8, 4) is 0 Å². The minimum atomic E-state index is -3.83. The summed E-state index contributed by atoms with van der Waals surface area (Å²) in [6.45, 7) is 8.89. The van der Waals surface area contributed by atoms with Crippen molar-refractivity contribution >= 4 is 16.0 Å². The quantitative estimate of drug-likeness (QED) is 0.539. The number of rotatable bonds is 8. The minimum Gasteiger partial charge on any atom is -0.462 e. The first-order valence-corrected chi connectivity index (χ1v) is 7.11. The van der Waals surface area contributed by atoms with E-state index in [2.05, 4.69) is 11.3 Å². The lowest BCUT2D eigenvalue weighted by Gasteiger charge is -2.24. The first kappa shape index (κ1) is 17.1. The van der Waals surface area contributed by atoms with Gasteiger partial charge in [0.05, 0.1) is 6.61 Å². The molecule has 0 aromatic rings. The lowest BCUT2D eigenvalue weighted by molar-refractivity contribution is -0.142. The molecule has 0 saturated carbocycles. The Balaban J connectivity index is 4.09. The van der Waals surface area contributed by atoms with Crippen LogP contribution in [0.25, 0.3) is 0 Å². The Labute approximate surface area is 107 Å². The molecule has 0 aliphatic carbocycles. The van der Waals surface area contributed by atoms with Crippen LogP contribution in [0.3, 0.4) is 0 Å². The summed E-state index contributed by atoms with van der Waals surface area (Å²) in [4.78, 5) is 11.2. The van der Waals surface area contributed by atoms with E-state index in [0.717, 1.165) is 0 Å². The summed E-state index contributed by atoms with van der Waals surface area (Å²) in [5, 5.41) is 0. The van der Waals surface area contributed by atoms with Crippen LogP contribution >= 0.6 is 0 Å². The van der Waals surface area contributed by atoms with Crippen LogP contribution in [-0.2, 0) is 19.6 Å². The highest BCUT2D eigenvalue weighted by molar-refractivity contribution is 7.89. The molecule has 0 heterocycles. The maximum atomic E-state index is 12.0. The third-order valence-corrected chi connectivity index (χ3v) is 3.14. The second kappa shape index (κ2) is 6.84. The molecule has 0 fully saturated rings. The Morgan fingerprint density at radius 1 is 1.44 bits per heavy atom. The van der Waals surface area contributed by atoms with Crippen LogP contribution in [0.5, 0.6) is 0 Å². The second-order valence-electron chi connectivity index (χ2n) is 4.89. The van der Waals surface area contributed by atoms with E-state index in [9.17, 15) is 17.6 Å². The predicted octanol–water partition coefficient (Wildman–Crippen LogP) is 1.37. The van der Waals surface area contributed by atoms with Gasteiger partial charge in [-0.2, -0.15) is 0 Å². The standard InChI is InChI=1S/C11H20FNO4S/c1-9(2)10(14)17-7-11(3,4)5-6-13-18(15,16)8-12/h13H,1,5-8H2,2-4H3. The number of hydrogen-bond donors (Lipinski definition) is 1. The van der Waals surface area contributed by atoms with Gasteiger partial charge in [0.1, 0.15) is 0 Å². The molecule has 0 amide bonds. The highest BCUT2D eigenvalue weighted by Gasteiger charge is 2.21. The molecule has 7 heteroatoms. The molecule has 0 atom stereocenters. The van der Waals surface area contributed by atoms with Gasteiger partial charge in [-0.05, 0) is 13.3 Å². The number of ether oxygens (including phenoxy) is 1. The fourth-order valence-corrected chi connectivity index (χ4v) is 1.53. The van der Waals surface area contributed by atoms with E-state index in [0.29, 0.717) is 12.0 Å². The Bertz CT molecular complexity index is 403. The van der Waals surface area contributed by atoms with Crippen molar-refractivity contribution < 1.29 is 22.3 Å². The lowest BCUT2D eigenvalue weighted by Crippen LogP contribution is -2.31. The topological polar surface area (TPSA) is 72.5 Å². The smallest absolute Gasteiger partial charge is 0.333 e. The summed E-state index contributed by atoms with van der Waals surface area (Å²) in [5.41, 5.74) is -0.0897. The number of hydrogen-bond acceptors (Lipinski definition) is 4. The third kappa shape index (κ3) is 7.39. The number of halogens is 1. The third-order valence-electron chi connectivity index (χ3n) is 2.21. The zero-order valence-electron chi connectivity index (χ0n) is 11.0. The molecule has 0 spiro atoms. The van der Waals surface area contributed by atoms with E-state index in [4.69, 9.17) is 4.74 Å². The van der Waals surface area contributed by atoms with Crippen LogP contribution in [0.15, 0.2) is 12.2 Å². The maximum absolute atomic E-state index is 12.0.